The minimum Gasteiger partial charge on any atom is -0.374 e. The fraction of sp³-hybridized carbons (Fsp3) is 0.632. The number of ether oxygens (including phenoxy) is 1. The van der Waals surface area contributed by atoms with Gasteiger partial charge in [0.05, 0.1) is 18.2 Å². The molecule has 1 fully saturated rings. The van der Waals surface area contributed by atoms with Crippen LogP contribution in [0.1, 0.15) is 32.8 Å². The molecule has 0 aromatic heterocycles. The largest absolute Gasteiger partial charge is 0.374 e. The van der Waals surface area contributed by atoms with E-state index in [9.17, 15) is 18.0 Å². The molecule has 27 heavy (non-hydrogen) atoms. The summed E-state index contributed by atoms with van der Waals surface area (Å²) < 4.78 is 45.9. The van der Waals surface area contributed by atoms with E-state index in [2.05, 4.69) is 5.32 Å². The summed E-state index contributed by atoms with van der Waals surface area (Å²) in [6.45, 7) is 8.06. The molecule has 1 heterocycles. The number of halogens is 3. The lowest BCUT2D eigenvalue weighted by Crippen LogP contribution is -2.56. The van der Waals surface area contributed by atoms with Gasteiger partial charge in [0.2, 0.25) is 5.91 Å². The molecule has 152 valence electrons. The second-order valence-corrected chi connectivity index (χ2v) is 7.89. The van der Waals surface area contributed by atoms with Gasteiger partial charge in [-0.3, -0.25) is 4.79 Å². The van der Waals surface area contributed by atoms with Crippen LogP contribution in [0.2, 0.25) is 0 Å². The topological polar surface area (TPSA) is 67.6 Å². The first-order valence-electron chi connectivity index (χ1n) is 9.10. The van der Waals surface area contributed by atoms with Gasteiger partial charge < -0.3 is 20.7 Å². The predicted octanol–water partition coefficient (Wildman–Crippen LogP) is 1.98. The molecule has 1 aliphatic rings. The molecule has 2 atom stereocenters. The van der Waals surface area contributed by atoms with Crippen LogP contribution in [0.4, 0.5) is 13.2 Å². The molecule has 1 saturated heterocycles. The van der Waals surface area contributed by atoms with Crippen molar-refractivity contribution in [2.45, 2.75) is 51.3 Å². The van der Waals surface area contributed by atoms with Gasteiger partial charge in [-0.05, 0) is 38.8 Å². The molecule has 8 heteroatoms. The average molecular weight is 387 g/mol. The van der Waals surface area contributed by atoms with E-state index in [4.69, 9.17) is 10.5 Å². The summed E-state index contributed by atoms with van der Waals surface area (Å²) in [5.41, 5.74) is 5.63. The number of carbonyl (C=O) groups excluding carboxylic acids is 1. The van der Waals surface area contributed by atoms with Crippen LogP contribution in [0.5, 0.6) is 0 Å². The Morgan fingerprint density at radius 1 is 1.30 bits per heavy atom. The first-order valence-corrected chi connectivity index (χ1v) is 9.10. The molecule has 1 aromatic rings. The summed E-state index contributed by atoms with van der Waals surface area (Å²) in [4.78, 5) is 14.4. The average Bonchev–Trinajstić information content (AvgIpc) is 2.57. The van der Waals surface area contributed by atoms with Gasteiger partial charge in [0.25, 0.3) is 0 Å². The van der Waals surface area contributed by atoms with Crippen molar-refractivity contribution in [1.82, 2.24) is 10.2 Å². The van der Waals surface area contributed by atoms with Crippen molar-refractivity contribution in [3.8, 4) is 0 Å². The predicted molar refractivity (Wildman–Crippen MR) is 96.7 cm³/mol. The quantitative estimate of drug-likeness (QED) is 0.733. The molecule has 0 bridgehead atoms. The second kappa shape index (κ2) is 9.03. The van der Waals surface area contributed by atoms with Crippen LogP contribution < -0.4 is 11.1 Å². The number of hydrogen-bond donors (Lipinski definition) is 2. The molecule has 0 unspecified atom stereocenters. The van der Waals surface area contributed by atoms with E-state index in [-0.39, 0.29) is 36.0 Å². The zero-order valence-corrected chi connectivity index (χ0v) is 16.0. The molecule has 2 rings (SSSR count). The van der Waals surface area contributed by atoms with Crippen LogP contribution in [0.15, 0.2) is 12.1 Å². The SMILES string of the molecule is CC(C)(C)OC[C@@H]1CNCCN1C(=O)C[C@H](N)Cc1cc(F)c(F)cc1F. The van der Waals surface area contributed by atoms with E-state index >= 15 is 0 Å². The number of nitrogens with zero attached hydrogens (tertiary/aromatic N) is 1. The molecule has 0 saturated carbocycles. The van der Waals surface area contributed by atoms with Crippen molar-refractivity contribution in [3.63, 3.8) is 0 Å². The molecule has 0 aliphatic carbocycles. The molecule has 1 aromatic carbocycles. The fourth-order valence-electron chi connectivity index (χ4n) is 3.00. The third kappa shape index (κ3) is 6.48. The lowest BCUT2D eigenvalue weighted by atomic mass is 10.0. The molecule has 1 amide bonds. The fourth-order valence-corrected chi connectivity index (χ4v) is 3.00. The third-order valence-electron chi connectivity index (χ3n) is 4.39. The van der Waals surface area contributed by atoms with Crippen molar-refractivity contribution >= 4 is 5.91 Å². The number of carbonyl (C=O) groups is 1. The standard InChI is InChI=1S/C19H28F3N3O2/c1-19(2,3)27-11-14-10-24-4-5-25(14)18(26)8-13(23)6-12-7-16(21)17(22)9-15(12)20/h7,9,13-14,24H,4-6,8,10-11,23H2,1-3H3/t13-,14+/m1/s1. The Hall–Kier alpha value is -1.64. The summed E-state index contributed by atoms with van der Waals surface area (Å²) in [5.74, 6) is -3.40. The van der Waals surface area contributed by atoms with Crippen molar-refractivity contribution in [2.24, 2.45) is 5.73 Å². The number of hydrogen-bond acceptors (Lipinski definition) is 4. The molecular formula is C19H28F3N3O2. The minimum atomic E-state index is -1.25. The second-order valence-electron chi connectivity index (χ2n) is 7.89. The number of benzene rings is 1. The zero-order chi connectivity index (χ0) is 20.2. The first kappa shape index (κ1) is 21.7. The minimum absolute atomic E-state index is 0.00947. The van der Waals surface area contributed by atoms with E-state index in [1.165, 1.54) is 0 Å². The Morgan fingerprint density at radius 3 is 2.63 bits per heavy atom. The van der Waals surface area contributed by atoms with Crippen molar-refractivity contribution in [1.29, 1.82) is 0 Å². The highest BCUT2D eigenvalue weighted by Gasteiger charge is 2.29. The van der Waals surface area contributed by atoms with Gasteiger partial charge in [-0.15, -0.1) is 0 Å². The van der Waals surface area contributed by atoms with E-state index in [1.807, 2.05) is 20.8 Å². The highest BCUT2D eigenvalue weighted by atomic mass is 19.2. The summed E-state index contributed by atoms with van der Waals surface area (Å²) in [6.07, 6.45) is -0.0610. The molecule has 0 spiro atoms. The number of rotatable bonds is 6. The molecule has 3 N–H and O–H groups in total. The number of amides is 1. The highest BCUT2D eigenvalue weighted by molar-refractivity contribution is 5.77. The molecule has 1 aliphatic heterocycles. The van der Waals surface area contributed by atoms with E-state index < -0.39 is 23.5 Å². The Morgan fingerprint density at radius 2 is 1.96 bits per heavy atom. The monoisotopic (exact) mass is 387 g/mol. The molecular weight excluding hydrogens is 359 g/mol. The molecule has 5 nitrogen and oxygen atoms in total. The highest BCUT2D eigenvalue weighted by Crippen LogP contribution is 2.17. The van der Waals surface area contributed by atoms with Gasteiger partial charge >= 0.3 is 0 Å². The van der Waals surface area contributed by atoms with Crippen LogP contribution >= 0.6 is 0 Å². The van der Waals surface area contributed by atoms with Crippen molar-refractivity contribution in [2.75, 3.05) is 26.2 Å². The van der Waals surface area contributed by atoms with Gasteiger partial charge in [0, 0.05) is 38.2 Å². The summed E-state index contributed by atoms with van der Waals surface area (Å²) >= 11 is 0. The van der Waals surface area contributed by atoms with Crippen LogP contribution in [0.25, 0.3) is 0 Å². The summed E-state index contributed by atoms with van der Waals surface area (Å²) in [5, 5.41) is 3.24. The van der Waals surface area contributed by atoms with Crippen molar-refractivity contribution < 1.29 is 22.7 Å². The smallest absolute Gasteiger partial charge is 0.224 e. The lowest BCUT2D eigenvalue weighted by molar-refractivity contribution is -0.138. The number of nitrogens with two attached hydrogens (primary N) is 1. The summed E-state index contributed by atoms with van der Waals surface area (Å²) in [7, 11) is 0. The summed E-state index contributed by atoms with van der Waals surface area (Å²) in [6, 6.07) is 0.475. The Bertz CT molecular complexity index is 664. The van der Waals surface area contributed by atoms with Crippen molar-refractivity contribution in [3.05, 3.63) is 35.1 Å². The lowest BCUT2D eigenvalue weighted by Gasteiger charge is -2.38. The van der Waals surface area contributed by atoms with Gasteiger partial charge in [0.15, 0.2) is 11.6 Å². The van der Waals surface area contributed by atoms with Crippen LogP contribution in [-0.4, -0.2) is 54.7 Å². The zero-order valence-electron chi connectivity index (χ0n) is 16.0. The van der Waals surface area contributed by atoms with E-state index in [0.717, 1.165) is 6.07 Å². The van der Waals surface area contributed by atoms with Crippen LogP contribution in [0, 0.1) is 17.5 Å². The van der Waals surface area contributed by atoms with Crippen LogP contribution in [-0.2, 0) is 16.0 Å². The first-order chi connectivity index (χ1) is 12.6. The number of nitrogens with one attached hydrogen (secondary N) is 1. The van der Waals surface area contributed by atoms with Crippen LogP contribution in [0.3, 0.4) is 0 Å². The maximum Gasteiger partial charge on any atom is 0.224 e. The maximum absolute atomic E-state index is 13.8. The maximum atomic E-state index is 13.8. The van der Waals surface area contributed by atoms with E-state index in [1.54, 1.807) is 4.90 Å². The Kier molecular flexibility index (Phi) is 7.25. The Balaban J connectivity index is 1.96. The van der Waals surface area contributed by atoms with Gasteiger partial charge in [-0.25, -0.2) is 13.2 Å². The van der Waals surface area contributed by atoms with E-state index in [0.29, 0.717) is 32.3 Å². The van der Waals surface area contributed by atoms with Gasteiger partial charge in [0.1, 0.15) is 5.82 Å². The molecule has 0 radical (unpaired) electrons. The Labute approximate surface area is 158 Å². The number of piperazine rings is 1. The third-order valence-corrected chi connectivity index (χ3v) is 4.39. The normalized spacial score (nSPS) is 19.2. The van der Waals surface area contributed by atoms with Gasteiger partial charge in [-0.1, -0.05) is 0 Å². The van der Waals surface area contributed by atoms with Gasteiger partial charge in [-0.2, -0.15) is 0 Å².